The molecule has 3 heterocycles. The summed E-state index contributed by atoms with van der Waals surface area (Å²) < 4.78 is 4.64. The highest BCUT2D eigenvalue weighted by Gasteiger charge is 2.54. The zero-order valence-corrected chi connectivity index (χ0v) is 16.7. The van der Waals surface area contributed by atoms with Crippen LogP contribution in [0.4, 0.5) is 0 Å². The molecule has 0 bridgehead atoms. The second-order valence-electron chi connectivity index (χ2n) is 7.88. The van der Waals surface area contributed by atoms with Crippen molar-refractivity contribution in [1.82, 2.24) is 14.8 Å². The number of carbonyl (C=O) groups is 3. The van der Waals surface area contributed by atoms with Crippen molar-refractivity contribution in [2.75, 3.05) is 39.9 Å². The number of ether oxygens (including phenoxy) is 1. The van der Waals surface area contributed by atoms with Crippen molar-refractivity contribution in [3.8, 4) is 0 Å². The third kappa shape index (κ3) is 3.43. The van der Waals surface area contributed by atoms with Gasteiger partial charge in [-0.1, -0.05) is 18.2 Å². The van der Waals surface area contributed by atoms with Crippen LogP contribution in [0.3, 0.4) is 0 Å². The number of methoxy groups -OCH3 is 1. The van der Waals surface area contributed by atoms with Crippen LogP contribution in [0.1, 0.15) is 31.2 Å². The van der Waals surface area contributed by atoms with E-state index in [9.17, 15) is 19.5 Å². The van der Waals surface area contributed by atoms with E-state index < -0.39 is 11.4 Å². The summed E-state index contributed by atoms with van der Waals surface area (Å²) in [6.45, 7) is 1.59. The smallest absolute Gasteiger partial charge is 0.339 e. The molecule has 8 nitrogen and oxygen atoms in total. The maximum absolute atomic E-state index is 12.9. The quantitative estimate of drug-likeness (QED) is 0.759. The Bertz CT molecular complexity index is 962. The van der Waals surface area contributed by atoms with Crippen molar-refractivity contribution in [3.63, 3.8) is 0 Å². The van der Waals surface area contributed by atoms with E-state index in [2.05, 4.69) is 9.72 Å². The normalized spacial score (nSPS) is 22.7. The Hall–Kier alpha value is -3.26. The third-order valence-electron chi connectivity index (χ3n) is 6.07. The number of likely N-dealkylation sites (tertiary alicyclic amines) is 2. The Morgan fingerprint density at radius 3 is 2.23 bits per heavy atom. The van der Waals surface area contributed by atoms with E-state index in [0.717, 1.165) is 0 Å². The van der Waals surface area contributed by atoms with E-state index in [4.69, 9.17) is 0 Å². The number of aromatic nitrogens is 1. The molecule has 4 rings (SSSR count). The number of benzene rings is 1. The number of aliphatic hydroxyl groups excluding tert-OH is 1. The van der Waals surface area contributed by atoms with Gasteiger partial charge in [0, 0.05) is 49.3 Å². The second-order valence-corrected chi connectivity index (χ2v) is 7.88. The molecule has 1 aromatic carbocycles. The number of fused-ring (bicyclic) bond motifs is 1. The van der Waals surface area contributed by atoms with E-state index in [-0.39, 0.29) is 35.6 Å². The van der Waals surface area contributed by atoms with Gasteiger partial charge < -0.3 is 19.6 Å². The third-order valence-corrected chi connectivity index (χ3v) is 6.07. The average Bonchev–Trinajstić information content (AvgIpc) is 3.33. The van der Waals surface area contributed by atoms with Gasteiger partial charge in [-0.05, 0) is 24.3 Å². The Morgan fingerprint density at radius 2 is 1.70 bits per heavy atom. The number of aliphatic hydroxyl groups is 1. The van der Waals surface area contributed by atoms with Gasteiger partial charge in [0.1, 0.15) is 5.69 Å². The monoisotopic (exact) mass is 409 g/mol. The highest BCUT2D eigenvalue weighted by molar-refractivity contribution is 5.95. The molecule has 2 amide bonds. The summed E-state index contributed by atoms with van der Waals surface area (Å²) in [5.74, 6) is -0.835. The molecule has 2 aliphatic heterocycles. The minimum atomic E-state index is -0.536. The van der Waals surface area contributed by atoms with Crippen LogP contribution in [0.5, 0.6) is 0 Å². The van der Waals surface area contributed by atoms with Gasteiger partial charge in [0.15, 0.2) is 0 Å². The lowest BCUT2D eigenvalue weighted by Crippen LogP contribution is -2.40. The average molecular weight is 409 g/mol. The molecule has 0 spiro atoms. The largest absolute Gasteiger partial charge is 0.465 e. The zero-order chi connectivity index (χ0) is 21.3. The molecular formula is C22H23N3O5. The minimum Gasteiger partial charge on any atom is -0.465 e. The predicted molar refractivity (Wildman–Crippen MR) is 107 cm³/mol. The number of hydrogen-bond donors (Lipinski definition) is 1. The van der Waals surface area contributed by atoms with Crippen molar-refractivity contribution < 1.29 is 24.2 Å². The molecule has 30 heavy (non-hydrogen) atoms. The second kappa shape index (κ2) is 7.87. The van der Waals surface area contributed by atoms with Crippen LogP contribution in [0, 0.1) is 11.3 Å². The first-order chi connectivity index (χ1) is 14.5. The molecule has 1 aromatic heterocycles. The van der Waals surface area contributed by atoms with Gasteiger partial charge in [0.25, 0.3) is 11.8 Å². The van der Waals surface area contributed by atoms with Crippen LogP contribution in [0.25, 0.3) is 0 Å². The molecule has 2 fully saturated rings. The summed E-state index contributed by atoms with van der Waals surface area (Å²) in [7, 11) is 1.28. The minimum absolute atomic E-state index is 0.00606. The maximum Gasteiger partial charge on any atom is 0.339 e. The number of esters is 1. The number of nitrogens with zero attached hydrogens (tertiary/aromatic N) is 3. The molecule has 2 aliphatic rings. The molecule has 2 aromatic rings. The van der Waals surface area contributed by atoms with Gasteiger partial charge in [0.05, 0.1) is 19.3 Å². The van der Waals surface area contributed by atoms with Crippen molar-refractivity contribution in [2.45, 2.75) is 0 Å². The van der Waals surface area contributed by atoms with Crippen LogP contribution >= 0.6 is 0 Å². The SMILES string of the molecule is COC(=O)c1ccc(C(=O)N2C[C@H]3CN(C(=O)c4ccccc4)C[C@@]3(CO)C2)nc1. The highest BCUT2D eigenvalue weighted by Crippen LogP contribution is 2.43. The predicted octanol–water partition coefficient (Wildman–Crippen LogP) is 1.07. The molecule has 1 N–H and O–H groups in total. The molecular weight excluding hydrogens is 386 g/mol. The molecule has 156 valence electrons. The molecule has 2 saturated heterocycles. The molecule has 0 aliphatic carbocycles. The number of amides is 2. The Labute approximate surface area is 174 Å². The van der Waals surface area contributed by atoms with Crippen molar-refractivity contribution >= 4 is 17.8 Å². The fraction of sp³-hybridized carbons (Fsp3) is 0.364. The summed E-state index contributed by atoms with van der Waals surface area (Å²) >= 11 is 0. The summed E-state index contributed by atoms with van der Waals surface area (Å²) in [6.07, 6.45) is 1.32. The summed E-state index contributed by atoms with van der Waals surface area (Å²) in [5.41, 5.74) is 0.585. The van der Waals surface area contributed by atoms with Gasteiger partial charge in [-0.15, -0.1) is 0 Å². The van der Waals surface area contributed by atoms with Crippen LogP contribution < -0.4 is 0 Å². The number of rotatable bonds is 4. The van der Waals surface area contributed by atoms with Crippen LogP contribution in [0.2, 0.25) is 0 Å². The van der Waals surface area contributed by atoms with Crippen molar-refractivity contribution in [2.24, 2.45) is 11.3 Å². The lowest BCUT2D eigenvalue weighted by Gasteiger charge is -2.27. The van der Waals surface area contributed by atoms with Gasteiger partial charge in [-0.2, -0.15) is 0 Å². The number of hydrogen-bond acceptors (Lipinski definition) is 6. The molecule has 8 heteroatoms. The molecule has 0 unspecified atom stereocenters. The molecule has 0 saturated carbocycles. The van der Waals surface area contributed by atoms with Crippen LogP contribution in [0.15, 0.2) is 48.7 Å². The zero-order valence-electron chi connectivity index (χ0n) is 16.7. The topological polar surface area (TPSA) is 100 Å². The fourth-order valence-corrected chi connectivity index (χ4v) is 4.40. The number of carbonyl (C=O) groups excluding carboxylic acids is 3. The lowest BCUT2D eigenvalue weighted by molar-refractivity contribution is 0.0596. The first kappa shape index (κ1) is 20.0. The standard InChI is InChI=1S/C22H23N3O5/c1-30-21(29)16-7-8-18(23-9-16)20(28)25-11-17-10-24(12-22(17,13-25)14-26)19(27)15-5-3-2-4-6-15/h2-9,17,26H,10-14H2,1H3/t17-,22+/m1/s1. The molecule has 0 radical (unpaired) electrons. The summed E-state index contributed by atoms with van der Waals surface area (Å²) in [6, 6.07) is 12.1. The van der Waals surface area contributed by atoms with E-state index in [1.165, 1.54) is 25.4 Å². The fourth-order valence-electron chi connectivity index (χ4n) is 4.40. The lowest BCUT2D eigenvalue weighted by atomic mass is 9.82. The first-order valence-electron chi connectivity index (χ1n) is 9.76. The van der Waals surface area contributed by atoms with Gasteiger partial charge in [-0.3, -0.25) is 14.6 Å². The van der Waals surface area contributed by atoms with Crippen molar-refractivity contribution in [1.29, 1.82) is 0 Å². The number of pyridine rings is 1. The maximum atomic E-state index is 12.9. The summed E-state index contributed by atoms with van der Waals surface area (Å²) in [4.78, 5) is 44.8. The van der Waals surface area contributed by atoms with Gasteiger partial charge >= 0.3 is 5.97 Å². The van der Waals surface area contributed by atoms with Crippen LogP contribution in [-0.4, -0.2) is 77.6 Å². The van der Waals surface area contributed by atoms with Crippen LogP contribution in [-0.2, 0) is 4.74 Å². The van der Waals surface area contributed by atoms with E-state index in [1.807, 2.05) is 18.2 Å². The Balaban J connectivity index is 1.46. The first-order valence-corrected chi connectivity index (χ1v) is 9.76. The van der Waals surface area contributed by atoms with E-state index in [0.29, 0.717) is 31.7 Å². The highest BCUT2D eigenvalue weighted by atomic mass is 16.5. The van der Waals surface area contributed by atoms with Gasteiger partial charge in [-0.25, -0.2) is 4.79 Å². The van der Waals surface area contributed by atoms with E-state index >= 15 is 0 Å². The summed E-state index contributed by atoms with van der Waals surface area (Å²) in [5, 5.41) is 10.1. The van der Waals surface area contributed by atoms with Gasteiger partial charge in [0.2, 0.25) is 0 Å². The Kier molecular flexibility index (Phi) is 5.26. The van der Waals surface area contributed by atoms with Crippen molar-refractivity contribution in [3.05, 3.63) is 65.5 Å². The van der Waals surface area contributed by atoms with E-state index in [1.54, 1.807) is 21.9 Å². The molecule has 2 atom stereocenters. The Morgan fingerprint density at radius 1 is 1.03 bits per heavy atom.